The van der Waals surface area contributed by atoms with E-state index in [1.54, 1.807) is 36.4 Å². The molecule has 2 aromatic rings. The summed E-state index contributed by atoms with van der Waals surface area (Å²) in [5.74, 6) is -0.638. The van der Waals surface area contributed by atoms with Crippen molar-refractivity contribution in [2.75, 3.05) is 11.1 Å². The van der Waals surface area contributed by atoms with Gasteiger partial charge in [0.05, 0.1) is 17.0 Å². The maximum absolute atomic E-state index is 13.1. The van der Waals surface area contributed by atoms with Crippen LogP contribution in [0.3, 0.4) is 0 Å². The van der Waals surface area contributed by atoms with Gasteiger partial charge in [0.2, 0.25) is 5.91 Å². The summed E-state index contributed by atoms with van der Waals surface area (Å²) in [6.45, 7) is 3.41. The number of anilines is 1. The van der Waals surface area contributed by atoms with Gasteiger partial charge in [-0.25, -0.2) is 4.39 Å². The number of halogens is 1. The first kappa shape index (κ1) is 19.8. The number of nitrogens with one attached hydrogen (secondary N) is 1. The number of hydrogen-bond donors (Lipinski definition) is 1. The van der Waals surface area contributed by atoms with Gasteiger partial charge in [-0.3, -0.25) is 19.3 Å². The van der Waals surface area contributed by atoms with E-state index in [1.807, 2.05) is 6.92 Å². The van der Waals surface area contributed by atoms with Crippen LogP contribution in [0.25, 0.3) is 5.57 Å². The predicted octanol–water partition coefficient (Wildman–Crippen LogP) is 3.82. The molecule has 2 aromatic carbocycles. The lowest BCUT2D eigenvalue weighted by molar-refractivity contribution is -0.137. The summed E-state index contributed by atoms with van der Waals surface area (Å²) in [5.41, 5.74) is 2.26. The number of amides is 3. The molecule has 3 rings (SSSR count). The SMILES string of the molecule is CCSC1=C(c2ccc(NC(C)=O)cc2)C(=O)N(Cc2ccc(F)cc2)C1=O. The van der Waals surface area contributed by atoms with Gasteiger partial charge < -0.3 is 5.32 Å². The summed E-state index contributed by atoms with van der Waals surface area (Å²) < 4.78 is 13.1. The highest BCUT2D eigenvalue weighted by molar-refractivity contribution is 8.04. The van der Waals surface area contributed by atoms with Crippen molar-refractivity contribution >= 4 is 40.7 Å². The Balaban J connectivity index is 1.91. The van der Waals surface area contributed by atoms with Gasteiger partial charge >= 0.3 is 0 Å². The van der Waals surface area contributed by atoms with Crippen LogP contribution in [0, 0.1) is 5.82 Å². The fourth-order valence-corrected chi connectivity index (χ4v) is 3.80. The molecule has 0 saturated heterocycles. The van der Waals surface area contributed by atoms with Gasteiger partial charge in [-0.05, 0) is 41.1 Å². The highest BCUT2D eigenvalue weighted by atomic mass is 32.2. The molecule has 0 radical (unpaired) electrons. The minimum atomic E-state index is -0.377. The molecule has 3 amide bonds. The average molecular weight is 398 g/mol. The first-order chi connectivity index (χ1) is 13.4. The Morgan fingerprint density at radius 2 is 1.68 bits per heavy atom. The molecular formula is C21H19FN2O3S. The van der Waals surface area contributed by atoms with Crippen LogP contribution in [0.2, 0.25) is 0 Å². The second-order valence-electron chi connectivity index (χ2n) is 6.22. The van der Waals surface area contributed by atoms with Gasteiger partial charge in [0.1, 0.15) is 5.82 Å². The van der Waals surface area contributed by atoms with Crippen molar-refractivity contribution in [3.8, 4) is 0 Å². The first-order valence-corrected chi connectivity index (χ1v) is 9.75. The third kappa shape index (κ3) is 4.14. The minimum absolute atomic E-state index is 0.0825. The Labute approximate surface area is 166 Å². The number of carbonyl (C=O) groups is 3. The lowest BCUT2D eigenvalue weighted by Crippen LogP contribution is -2.30. The maximum Gasteiger partial charge on any atom is 0.268 e. The van der Waals surface area contributed by atoms with Crippen molar-refractivity contribution in [3.63, 3.8) is 0 Å². The molecule has 0 aliphatic carbocycles. The predicted molar refractivity (Wildman–Crippen MR) is 108 cm³/mol. The molecule has 5 nitrogen and oxygen atoms in total. The van der Waals surface area contributed by atoms with E-state index in [1.165, 1.54) is 35.7 Å². The largest absolute Gasteiger partial charge is 0.326 e. The molecular weight excluding hydrogens is 379 g/mol. The Hall–Kier alpha value is -2.93. The number of rotatable bonds is 6. The minimum Gasteiger partial charge on any atom is -0.326 e. The van der Waals surface area contributed by atoms with E-state index in [4.69, 9.17) is 0 Å². The molecule has 0 aromatic heterocycles. The van der Waals surface area contributed by atoms with Crippen molar-refractivity contribution in [3.05, 3.63) is 70.4 Å². The fraction of sp³-hybridized carbons (Fsp3) is 0.190. The lowest BCUT2D eigenvalue weighted by atomic mass is 10.1. The molecule has 0 saturated carbocycles. The van der Waals surface area contributed by atoms with Gasteiger partial charge in [-0.1, -0.05) is 31.2 Å². The molecule has 1 heterocycles. The fourth-order valence-electron chi connectivity index (χ4n) is 2.93. The van der Waals surface area contributed by atoms with Gasteiger partial charge in [0, 0.05) is 12.6 Å². The second kappa shape index (κ2) is 8.39. The zero-order valence-electron chi connectivity index (χ0n) is 15.5. The van der Waals surface area contributed by atoms with Gasteiger partial charge in [-0.2, -0.15) is 0 Å². The highest BCUT2D eigenvalue weighted by Gasteiger charge is 2.38. The first-order valence-electron chi connectivity index (χ1n) is 8.76. The monoisotopic (exact) mass is 398 g/mol. The van der Waals surface area contributed by atoms with Gasteiger partial charge in [0.15, 0.2) is 0 Å². The molecule has 0 unspecified atom stereocenters. The number of hydrogen-bond acceptors (Lipinski definition) is 4. The third-order valence-corrected chi connectivity index (χ3v) is 5.12. The summed E-state index contributed by atoms with van der Waals surface area (Å²) in [6.07, 6.45) is 0. The lowest BCUT2D eigenvalue weighted by Gasteiger charge is -2.15. The van der Waals surface area contributed by atoms with Gasteiger partial charge in [-0.15, -0.1) is 11.8 Å². The van der Waals surface area contributed by atoms with E-state index in [9.17, 15) is 18.8 Å². The van der Waals surface area contributed by atoms with Crippen LogP contribution < -0.4 is 5.32 Å². The molecule has 0 spiro atoms. The molecule has 144 valence electrons. The number of carbonyl (C=O) groups excluding carboxylic acids is 3. The summed E-state index contributed by atoms with van der Waals surface area (Å²) >= 11 is 1.32. The van der Waals surface area contributed by atoms with Crippen LogP contribution in [0.1, 0.15) is 25.0 Å². The third-order valence-electron chi connectivity index (χ3n) is 4.16. The number of nitrogens with zero attached hydrogens (tertiary/aromatic N) is 1. The molecule has 1 N–H and O–H groups in total. The summed E-state index contributed by atoms with van der Waals surface area (Å²) in [4.78, 5) is 38.7. The van der Waals surface area contributed by atoms with E-state index in [2.05, 4.69) is 5.32 Å². The van der Waals surface area contributed by atoms with Crippen molar-refractivity contribution in [1.82, 2.24) is 4.90 Å². The van der Waals surface area contributed by atoms with E-state index in [0.29, 0.717) is 33.0 Å². The van der Waals surface area contributed by atoms with Crippen LogP contribution in [-0.4, -0.2) is 28.4 Å². The quantitative estimate of drug-likeness (QED) is 0.752. The summed E-state index contributed by atoms with van der Waals surface area (Å²) in [6, 6.07) is 12.5. The molecule has 0 fully saturated rings. The number of benzene rings is 2. The van der Waals surface area contributed by atoms with E-state index in [0.717, 1.165) is 0 Å². The Morgan fingerprint density at radius 1 is 1.04 bits per heavy atom. The molecule has 28 heavy (non-hydrogen) atoms. The van der Waals surface area contributed by atoms with Crippen LogP contribution >= 0.6 is 11.8 Å². The maximum atomic E-state index is 13.1. The highest BCUT2D eigenvalue weighted by Crippen LogP contribution is 2.37. The molecule has 0 atom stereocenters. The molecule has 1 aliphatic heterocycles. The zero-order valence-corrected chi connectivity index (χ0v) is 16.3. The summed E-state index contributed by atoms with van der Waals surface area (Å²) in [7, 11) is 0. The number of imide groups is 1. The average Bonchev–Trinajstić information content (AvgIpc) is 2.89. The van der Waals surface area contributed by atoms with Crippen LogP contribution in [-0.2, 0) is 20.9 Å². The van der Waals surface area contributed by atoms with E-state index >= 15 is 0 Å². The number of thioether (sulfide) groups is 1. The Morgan fingerprint density at radius 3 is 2.25 bits per heavy atom. The van der Waals surface area contributed by atoms with Crippen LogP contribution in [0.4, 0.5) is 10.1 Å². The van der Waals surface area contributed by atoms with E-state index in [-0.39, 0.29) is 30.1 Å². The summed E-state index contributed by atoms with van der Waals surface area (Å²) in [5, 5.41) is 2.67. The molecule has 1 aliphatic rings. The van der Waals surface area contributed by atoms with Crippen molar-refractivity contribution in [2.24, 2.45) is 0 Å². The van der Waals surface area contributed by atoms with Crippen LogP contribution in [0.5, 0.6) is 0 Å². The van der Waals surface area contributed by atoms with Crippen molar-refractivity contribution in [2.45, 2.75) is 20.4 Å². The Kier molecular flexibility index (Phi) is 5.94. The van der Waals surface area contributed by atoms with Crippen LogP contribution in [0.15, 0.2) is 53.4 Å². The Bertz CT molecular complexity index is 953. The molecule has 7 heteroatoms. The normalized spacial score (nSPS) is 14.0. The van der Waals surface area contributed by atoms with E-state index < -0.39 is 0 Å². The smallest absolute Gasteiger partial charge is 0.268 e. The zero-order chi connectivity index (χ0) is 20.3. The van der Waals surface area contributed by atoms with Gasteiger partial charge in [0.25, 0.3) is 11.8 Å². The van der Waals surface area contributed by atoms with Crippen molar-refractivity contribution in [1.29, 1.82) is 0 Å². The topological polar surface area (TPSA) is 66.5 Å². The molecule has 0 bridgehead atoms. The second-order valence-corrected chi connectivity index (χ2v) is 7.49. The van der Waals surface area contributed by atoms with Crippen molar-refractivity contribution < 1.29 is 18.8 Å². The standard InChI is InChI=1S/C21H19FN2O3S/c1-3-28-19-18(15-6-10-17(11-7-15)23-13(2)25)20(26)24(21(19)27)12-14-4-8-16(22)9-5-14/h4-11H,3,12H2,1-2H3,(H,23,25).